The van der Waals surface area contributed by atoms with Crippen molar-refractivity contribution in [2.45, 2.75) is 37.6 Å². The van der Waals surface area contributed by atoms with Gasteiger partial charge in [0, 0.05) is 19.3 Å². The minimum atomic E-state index is -3.52. The van der Waals surface area contributed by atoms with Crippen LogP contribution in [0.15, 0.2) is 23.2 Å². The quantitative estimate of drug-likeness (QED) is 0.884. The first-order chi connectivity index (χ1) is 8.95. The summed E-state index contributed by atoms with van der Waals surface area (Å²) >= 11 is 0. The van der Waals surface area contributed by atoms with Crippen LogP contribution < -0.4 is 10.0 Å². The smallest absolute Gasteiger partial charge is 0.244 e. The fourth-order valence-corrected chi connectivity index (χ4v) is 4.11. The van der Waals surface area contributed by atoms with Crippen LogP contribution in [-0.2, 0) is 10.0 Å². The summed E-state index contributed by atoms with van der Waals surface area (Å²) in [4.78, 5) is 4.25. The van der Waals surface area contributed by atoms with Crippen molar-refractivity contribution in [3.05, 3.63) is 18.3 Å². The zero-order chi connectivity index (χ0) is 14.0. The van der Waals surface area contributed by atoms with E-state index in [9.17, 15) is 8.42 Å². The molecule has 0 aromatic carbocycles. The van der Waals surface area contributed by atoms with Crippen molar-refractivity contribution in [3.63, 3.8) is 0 Å². The van der Waals surface area contributed by atoms with Gasteiger partial charge in [0.15, 0.2) is 0 Å². The SMILES string of the molecule is CNc1ncccc1S(=O)(=O)NC1CCC(C)C1C. The average molecular weight is 283 g/mol. The molecule has 19 heavy (non-hydrogen) atoms. The molecule has 0 amide bonds. The highest BCUT2D eigenvalue weighted by atomic mass is 32.2. The molecule has 1 fully saturated rings. The van der Waals surface area contributed by atoms with Gasteiger partial charge < -0.3 is 5.32 Å². The largest absolute Gasteiger partial charge is 0.372 e. The van der Waals surface area contributed by atoms with E-state index >= 15 is 0 Å². The van der Waals surface area contributed by atoms with E-state index in [4.69, 9.17) is 0 Å². The van der Waals surface area contributed by atoms with Crippen LogP contribution in [0.25, 0.3) is 0 Å². The first-order valence-corrected chi connectivity index (χ1v) is 8.09. The second-order valence-corrected chi connectivity index (χ2v) is 6.92. The summed E-state index contributed by atoms with van der Waals surface area (Å²) in [6.45, 7) is 4.27. The van der Waals surface area contributed by atoms with Gasteiger partial charge in [0.05, 0.1) is 0 Å². The molecule has 1 aliphatic rings. The second-order valence-electron chi connectivity index (χ2n) is 5.24. The molecule has 2 rings (SSSR count). The molecular weight excluding hydrogens is 262 g/mol. The number of nitrogens with zero attached hydrogens (tertiary/aromatic N) is 1. The van der Waals surface area contributed by atoms with E-state index in [0.717, 1.165) is 12.8 Å². The molecule has 0 bridgehead atoms. The fraction of sp³-hybridized carbons (Fsp3) is 0.615. The van der Waals surface area contributed by atoms with Gasteiger partial charge in [-0.15, -0.1) is 0 Å². The molecule has 6 heteroatoms. The van der Waals surface area contributed by atoms with Crippen LogP contribution >= 0.6 is 0 Å². The van der Waals surface area contributed by atoms with Crippen LogP contribution in [-0.4, -0.2) is 26.5 Å². The highest BCUT2D eigenvalue weighted by Gasteiger charge is 2.33. The van der Waals surface area contributed by atoms with Crippen molar-refractivity contribution in [1.29, 1.82) is 0 Å². The van der Waals surface area contributed by atoms with Gasteiger partial charge in [-0.25, -0.2) is 18.1 Å². The van der Waals surface area contributed by atoms with Gasteiger partial charge in [0.2, 0.25) is 10.0 Å². The van der Waals surface area contributed by atoms with Gasteiger partial charge in [0.1, 0.15) is 10.7 Å². The van der Waals surface area contributed by atoms with E-state index in [1.54, 1.807) is 25.4 Å². The molecule has 0 radical (unpaired) electrons. The van der Waals surface area contributed by atoms with Gasteiger partial charge in [-0.3, -0.25) is 0 Å². The number of nitrogens with one attached hydrogen (secondary N) is 2. The molecule has 106 valence electrons. The van der Waals surface area contributed by atoms with Crippen molar-refractivity contribution in [2.24, 2.45) is 11.8 Å². The van der Waals surface area contributed by atoms with E-state index in [0.29, 0.717) is 17.7 Å². The first-order valence-electron chi connectivity index (χ1n) is 6.61. The Kier molecular flexibility index (Phi) is 4.10. The number of hydrogen-bond donors (Lipinski definition) is 2. The minimum absolute atomic E-state index is 0.0184. The summed E-state index contributed by atoms with van der Waals surface area (Å²) in [6.07, 6.45) is 3.54. The number of hydrogen-bond acceptors (Lipinski definition) is 4. The summed E-state index contributed by atoms with van der Waals surface area (Å²) in [6, 6.07) is 3.23. The maximum atomic E-state index is 12.4. The maximum Gasteiger partial charge on any atom is 0.244 e. The molecule has 1 saturated carbocycles. The summed E-state index contributed by atoms with van der Waals surface area (Å²) in [7, 11) is -1.85. The molecule has 1 aromatic rings. The van der Waals surface area contributed by atoms with Gasteiger partial charge in [-0.05, 0) is 36.8 Å². The van der Waals surface area contributed by atoms with Crippen LogP contribution in [0, 0.1) is 11.8 Å². The zero-order valence-electron chi connectivity index (χ0n) is 11.6. The third kappa shape index (κ3) is 2.90. The monoisotopic (exact) mass is 283 g/mol. The Morgan fingerprint density at radius 2 is 2.05 bits per heavy atom. The molecule has 5 nitrogen and oxygen atoms in total. The Morgan fingerprint density at radius 1 is 1.32 bits per heavy atom. The fourth-order valence-electron chi connectivity index (χ4n) is 2.59. The average Bonchev–Trinajstić information content (AvgIpc) is 2.70. The van der Waals surface area contributed by atoms with E-state index in [1.165, 1.54) is 0 Å². The molecule has 1 heterocycles. The number of sulfonamides is 1. The first kappa shape index (κ1) is 14.3. The maximum absolute atomic E-state index is 12.4. The molecular formula is C13H21N3O2S. The third-order valence-electron chi connectivity index (χ3n) is 4.07. The lowest BCUT2D eigenvalue weighted by atomic mass is 9.98. The number of aromatic nitrogens is 1. The van der Waals surface area contributed by atoms with Crippen LogP contribution in [0.2, 0.25) is 0 Å². The highest BCUT2D eigenvalue weighted by Crippen LogP contribution is 2.32. The normalized spacial score (nSPS) is 27.4. The number of anilines is 1. The van der Waals surface area contributed by atoms with Crippen LogP contribution in [0.1, 0.15) is 26.7 Å². The Bertz CT molecular complexity index is 545. The molecule has 2 N–H and O–H groups in total. The van der Waals surface area contributed by atoms with E-state index in [1.807, 2.05) is 0 Å². The molecule has 1 aliphatic carbocycles. The predicted molar refractivity (Wildman–Crippen MR) is 75.5 cm³/mol. The van der Waals surface area contributed by atoms with E-state index < -0.39 is 10.0 Å². The predicted octanol–water partition coefficient (Wildman–Crippen LogP) is 1.84. The lowest BCUT2D eigenvalue weighted by Gasteiger charge is -2.20. The van der Waals surface area contributed by atoms with Crippen LogP contribution in [0.4, 0.5) is 5.82 Å². The lowest BCUT2D eigenvalue weighted by Crippen LogP contribution is -2.37. The van der Waals surface area contributed by atoms with E-state index in [-0.39, 0.29) is 10.9 Å². The van der Waals surface area contributed by atoms with Crippen LogP contribution in [0.5, 0.6) is 0 Å². The molecule has 3 atom stereocenters. The van der Waals surface area contributed by atoms with Gasteiger partial charge in [0.25, 0.3) is 0 Å². The standard InChI is InChI=1S/C13H21N3O2S/c1-9-6-7-11(10(9)2)16-19(17,18)12-5-4-8-15-13(12)14-3/h4-5,8-11,16H,6-7H2,1-3H3,(H,14,15). The summed E-state index contributed by atoms with van der Waals surface area (Å²) in [5, 5.41) is 2.82. The summed E-state index contributed by atoms with van der Waals surface area (Å²) in [5.74, 6) is 1.31. The Labute approximate surface area is 114 Å². The van der Waals surface area contributed by atoms with Crippen molar-refractivity contribution < 1.29 is 8.42 Å². The lowest BCUT2D eigenvalue weighted by molar-refractivity contribution is 0.402. The Morgan fingerprint density at radius 3 is 2.63 bits per heavy atom. The van der Waals surface area contributed by atoms with Crippen LogP contribution in [0.3, 0.4) is 0 Å². The van der Waals surface area contributed by atoms with Crippen molar-refractivity contribution in [1.82, 2.24) is 9.71 Å². The molecule has 1 aromatic heterocycles. The van der Waals surface area contributed by atoms with Crippen molar-refractivity contribution >= 4 is 15.8 Å². The minimum Gasteiger partial charge on any atom is -0.372 e. The Balaban J connectivity index is 2.23. The summed E-state index contributed by atoms with van der Waals surface area (Å²) in [5.41, 5.74) is 0. The molecule has 0 saturated heterocycles. The molecule has 0 aliphatic heterocycles. The van der Waals surface area contributed by atoms with Gasteiger partial charge in [-0.2, -0.15) is 0 Å². The second kappa shape index (κ2) is 5.46. The highest BCUT2D eigenvalue weighted by molar-refractivity contribution is 7.89. The number of rotatable bonds is 4. The third-order valence-corrected chi connectivity index (χ3v) is 5.59. The molecule has 0 spiro atoms. The zero-order valence-corrected chi connectivity index (χ0v) is 12.4. The van der Waals surface area contributed by atoms with E-state index in [2.05, 4.69) is 28.9 Å². The Hall–Kier alpha value is -1.14. The molecule has 3 unspecified atom stereocenters. The topological polar surface area (TPSA) is 71.1 Å². The number of pyridine rings is 1. The van der Waals surface area contributed by atoms with Crippen molar-refractivity contribution in [3.8, 4) is 0 Å². The van der Waals surface area contributed by atoms with Gasteiger partial charge >= 0.3 is 0 Å². The van der Waals surface area contributed by atoms with Crippen molar-refractivity contribution in [2.75, 3.05) is 12.4 Å². The van der Waals surface area contributed by atoms with Gasteiger partial charge in [-0.1, -0.05) is 13.8 Å². The summed E-state index contributed by atoms with van der Waals surface area (Å²) < 4.78 is 27.7.